The van der Waals surface area contributed by atoms with Gasteiger partial charge < -0.3 is 10.4 Å². The van der Waals surface area contributed by atoms with Crippen molar-refractivity contribution >= 4 is 5.95 Å². The van der Waals surface area contributed by atoms with E-state index >= 15 is 0 Å². The molecule has 2 atom stereocenters. The normalized spacial score (nSPS) is 13.9. The Bertz CT molecular complexity index is 815. The van der Waals surface area contributed by atoms with Crippen LogP contribution in [-0.4, -0.2) is 26.1 Å². The summed E-state index contributed by atoms with van der Waals surface area (Å²) in [6, 6.07) is 4.13. The van der Waals surface area contributed by atoms with E-state index < -0.39 is 36.0 Å². The molecule has 136 valence electrons. The summed E-state index contributed by atoms with van der Waals surface area (Å²) in [4.78, 5) is 29.8. The van der Waals surface area contributed by atoms with Crippen LogP contribution in [0.15, 0.2) is 33.9 Å². The largest absolute Gasteiger partial charge is 0.389 e. The predicted molar refractivity (Wildman–Crippen MR) is 88.9 cm³/mol. The summed E-state index contributed by atoms with van der Waals surface area (Å²) < 4.78 is 27.9. The highest BCUT2D eigenvalue weighted by Crippen LogP contribution is 2.26. The fourth-order valence-electron chi connectivity index (χ4n) is 2.40. The van der Waals surface area contributed by atoms with E-state index in [0.29, 0.717) is 5.56 Å². The van der Waals surface area contributed by atoms with E-state index in [0.717, 1.165) is 4.57 Å². The molecule has 7 nitrogen and oxygen atoms in total. The fourth-order valence-corrected chi connectivity index (χ4v) is 2.40. The number of aromatic nitrogens is 3. The molecule has 0 saturated heterocycles. The third-order valence-electron chi connectivity index (χ3n) is 3.67. The van der Waals surface area contributed by atoms with Crippen molar-refractivity contribution in [1.82, 2.24) is 14.5 Å². The molecule has 0 aliphatic carbocycles. The van der Waals surface area contributed by atoms with Crippen molar-refractivity contribution in [2.24, 2.45) is 0 Å². The summed E-state index contributed by atoms with van der Waals surface area (Å²) in [5.74, 6) is -0.334. The first-order valence-corrected chi connectivity index (χ1v) is 7.76. The molecule has 2 aromatic rings. The topological polar surface area (TPSA) is 100 Å². The number of nitrogens with zero attached hydrogens (tertiary/aromatic N) is 2. The van der Waals surface area contributed by atoms with Crippen LogP contribution in [0.25, 0.3) is 0 Å². The molecule has 3 N–H and O–H groups in total. The molecule has 1 aromatic carbocycles. The van der Waals surface area contributed by atoms with Crippen LogP contribution in [-0.2, 0) is 0 Å². The van der Waals surface area contributed by atoms with Gasteiger partial charge in [-0.05, 0) is 31.9 Å². The van der Waals surface area contributed by atoms with E-state index in [-0.39, 0.29) is 11.5 Å². The number of nitrogens with one attached hydrogen (secondary N) is 2. The highest BCUT2D eigenvalue weighted by molar-refractivity contribution is 5.34. The second kappa shape index (κ2) is 7.56. The highest BCUT2D eigenvalue weighted by Gasteiger charge is 2.24. The van der Waals surface area contributed by atoms with E-state index in [1.165, 1.54) is 19.1 Å². The van der Waals surface area contributed by atoms with Gasteiger partial charge in [-0.15, -0.1) is 0 Å². The first-order chi connectivity index (χ1) is 11.7. The Morgan fingerprint density at radius 1 is 1.20 bits per heavy atom. The molecule has 9 heteroatoms. The average molecular weight is 354 g/mol. The predicted octanol–water partition coefficient (Wildman–Crippen LogP) is 1.98. The van der Waals surface area contributed by atoms with Gasteiger partial charge in [-0.1, -0.05) is 24.3 Å². The van der Waals surface area contributed by atoms with Crippen molar-refractivity contribution in [3.05, 3.63) is 56.4 Å². The SMILES string of the molecule is CC(O)c1cccc([C@@H](Nc2nc(=O)n(C(C)C)c(=O)[nH]2)C(F)F)c1. The van der Waals surface area contributed by atoms with Gasteiger partial charge >= 0.3 is 11.4 Å². The quantitative estimate of drug-likeness (QED) is 0.737. The molecular formula is C16H20F2N4O3. The minimum Gasteiger partial charge on any atom is -0.389 e. The maximum atomic E-state index is 13.5. The van der Waals surface area contributed by atoms with Crippen molar-refractivity contribution in [3.63, 3.8) is 0 Å². The van der Waals surface area contributed by atoms with Crippen molar-refractivity contribution in [1.29, 1.82) is 0 Å². The Morgan fingerprint density at radius 2 is 1.84 bits per heavy atom. The number of H-pyrrole nitrogens is 1. The summed E-state index contributed by atoms with van der Waals surface area (Å²) >= 11 is 0. The Morgan fingerprint density at radius 3 is 2.36 bits per heavy atom. The maximum absolute atomic E-state index is 13.5. The third kappa shape index (κ3) is 4.30. The average Bonchev–Trinajstić information content (AvgIpc) is 2.51. The van der Waals surface area contributed by atoms with E-state index in [9.17, 15) is 23.5 Å². The number of alkyl halides is 2. The fraction of sp³-hybridized carbons (Fsp3) is 0.438. The number of hydrogen-bond donors (Lipinski definition) is 3. The molecular weight excluding hydrogens is 334 g/mol. The summed E-state index contributed by atoms with van der Waals surface area (Å²) in [7, 11) is 0. The summed E-state index contributed by atoms with van der Waals surface area (Å²) in [5, 5.41) is 12.0. The lowest BCUT2D eigenvalue weighted by Crippen LogP contribution is -2.39. The second-order valence-corrected chi connectivity index (χ2v) is 5.94. The van der Waals surface area contributed by atoms with Crippen LogP contribution in [0, 0.1) is 0 Å². The van der Waals surface area contributed by atoms with Crippen LogP contribution in [0.4, 0.5) is 14.7 Å². The zero-order valence-corrected chi connectivity index (χ0v) is 14.0. The molecule has 0 saturated carbocycles. The van der Waals surface area contributed by atoms with Crippen molar-refractivity contribution < 1.29 is 13.9 Å². The minimum absolute atomic E-state index is 0.198. The molecule has 0 bridgehead atoms. The Kier molecular flexibility index (Phi) is 5.68. The van der Waals surface area contributed by atoms with Crippen LogP contribution in [0.5, 0.6) is 0 Å². The lowest BCUT2D eigenvalue weighted by Gasteiger charge is -2.20. The second-order valence-electron chi connectivity index (χ2n) is 5.94. The lowest BCUT2D eigenvalue weighted by atomic mass is 10.0. The number of hydrogen-bond acceptors (Lipinski definition) is 5. The molecule has 1 heterocycles. The standard InChI is InChI=1S/C16H20F2N4O3/c1-8(2)22-15(24)20-14(21-16(22)25)19-12(13(17)18)11-6-4-5-10(7-11)9(3)23/h4-9,12-13,23H,1-3H3,(H2,19,20,21,24,25)/t9?,12-/m1/s1. The van der Waals surface area contributed by atoms with Gasteiger partial charge in [-0.2, -0.15) is 4.98 Å². The number of anilines is 1. The van der Waals surface area contributed by atoms with E-state index in [1.54, 1.807) is 26.0 Å². The lowest BCUT2D eigenvalue weighted by molar-refractivity contribution is 0.124. The number of aliphatic hydroxyl groups excluding tert-OH is 1. The monoisotopic (exact) mass is 354 g/mol. The number of benzene rings is 1. The zero-order valence-electron chi connectivity index (χ0n) is 14.0. The van der Waals surface area contributed by atoms with Gasteiger partial charge in [0.05, 0.1) is 6.10 Å². The van der Waals surface area contributed by atoms with Gasteiger partial charge in [-0.3, -0.25) is 4.98 Å². The summed E-state index contributed by atoms with van der Waals surface area (Å²) in [5.41, 5.74) is -0.888. The number of rotatable bonds is 6. The van der Waals surface area contributed by atoms with Crippen LogP contribution >= 0.6 is 0 Å². The maximum Gasteiger partial charge on any atom is 0.355 e. The molecule has 0 amide bonds. The van der Waals surface area contributed by atoms with Crippen LogP contribution < -0.4 is 16.7 Å². The first kappa shape index (κ1) is 18.8. The molecule has 0 aliphatic rings. The molecule has 25 heavy (non-hydrogen) atoms. The Balaban J connectivity index is 2.39. The Labute approximate surface area is 142 Å². The third-order valence-corrected chi connectivity index (χ3v) is 3.67. The van der Waals surface area contributed by atoms with Gasteiger partial charge in [0.25, 0.3) is 6.43 Å². The molecule has 1 unspecified atom stereocenters. The molecule has 0 radical (unpaired) electrons. The van der Waals surface area contributed by atoms with Crippen molar-refractivity contribution in [3.8, 4) is 0 Å². The molecule has 0 spiro atoms. The van der Waals surface area contributed by atoms with Crippen LogP contribution in [0.3, 0.4) is 0 Å². The van der Waals surface area contributed by atoms with Crippen molar-refractivity contribution in [2.75, 3.05) is 5.32 Å². The summed E-state index contributed by atoms with van der Waals surface area (Å²) in [6.07, 6.45) is -3.65. The minimum atomic E-state index is -2.83. The number of halogens is 2. The van der Waals surface area contributed by atoms with E-state index in [2.05, 4.69) is 15.3 Å². The zero-order chi connectivity index (χ0) is 18.7. The number of aromatic amines is 1. The molecule has 0 aliphatic heterocycles. The van der Waals surface area contributed by atoms with Gasteiger partial charge in [0, 0.05) is 6.04 Å². The highest BCUT2D eigenvalue weighted by atomic mass is 19.3. The van der Waals surface area contributed by atoms with Crippen LogP contribution in [0.1, 0.15) is 50.1 Å². The van der Waals surface area contributed by atoms with Crippen molar-refractivity contribution in [2.45, 2.75) is 45.4 Å². The van der Waals surface area contributed by atoms with Gasteiger partial charge in [-0.25, -0.2) is 22.9 Å². The van der Waals surface area contributed by atoms with Crippen LogP contribution in [0.2, 0.25) is 0 Å². The van der Waals surface area contributed by atoms with Gasteiger partial charge in [0.2, 0.25) is 5.95 Å². The Hall–Kier alpha value is -2.55. The smallest absolute Gasteiger partial charge is 0.355 e. The summed E-state index contributed by atoms with van der Waals surface area (Å²) in [6.45, 7) is 4.79. The van der Waals surface area contributed by atoms with Gasteiger partial charge in [0.1, 0.15) is 6.04 Å². The molecule has 2 rings (SSSR count). The van der Waals surface area contributed by atoms with Gasteiger partial charge in [0.15, 0.2) is 0 Å². The molecule has 0 fully saturated rings. The molecule has 1 aromatic heterocycles. The first-order valence-electron chi connectivity index (χ1n) is 7.76. The number of aliphatic hydroxyl groups is 1. The van der Waals surface area contributed by atoms with E-state index in [4.69, 9.17) is 0 Å². The van der Waals surface area contributed by atoms with E-state index in [1.807, 2.05) is 0 Å².